The van der Waals surface area contributed by atoms with Crippen molar-refractivity contribution in [2.45, 2.75) is 39.0 Å². The van der Waals surface area contributed by atoms with Crippen molar-refractivity contribution in [1.29, 1.82) is 0 Å². The fraction of sp³-hybridized carbons (Fsp3) is 0.350. The smallest absolute Gasteiger partial charge is 0.341 e. The highest BCUT2D eigenvalue weighted by Gasteiger charge is 2.30. The Morgan fingerprint density at radius 2 is 2.00 bits per heavy atom. The first kappa shape index (κ1) is 21.7. The monoisotopic (exact) mass is 437 g/mol. The van der Waals surface area contributed by atoms with Gasteiger partial charge in [0.1, 0.15) is 12.1 Å². The largest absolute Gasteiger partial charge is 0.406 e. The average molecular weight is 438 g/mol. The third-order valence-corrected chi connectivity index (χ3v) is 4.44. The zero-order chi connectivity index (χ0) is 22.1. The van der Waals surface area contributed by atoms with Crippen LogP contribution in [0.15, 0.2) is 30.6 Å². The number of alkyl halides is 3. The summed E-state index contributed by atoms with van der Waals surface area (Å²) in [7, 11) is 0. The molecular weight excluding hydrogens is 419 g/mol. The highest BCUT2D eigenvalue weighted by molar-refractivity contribution is 6.34. The van der Waals surface area contributed by atoms with E-state index < -0.39 is 12.7 Å². The number of carbonyl (C=O) groups excluding carboxylic acids is 1. The van der Waals surface area contributed by atoms with E-state index in [9.17, 15) is 18.0 Å². The first-order valence-electron chi connectivity index (χ1n) is 8.99. The predicted octanol–water partition coefficient (Wildman–Crippen LogP) is 3.99. The van der Waals surface area contributed by atoms with Crippen molar-refractivity contribution < 1.29 is 18.0 Å². The van der Waals surface area contributed by atoms with E-state index in [1.54, 1.807) is 23.0 Å². The molecule has 0 bridgehead atoms. The maximum absolute atomic E-state index is 13.0. The SMILES string of the molecule is CC(C)(C)n1cc(C(=O)NCC#Cc2nc3c(Cl)cccc3n2CC(F)(F)F)cn1. The number of amides is 1. The summed E-state index contributed by atoms with van der Waals surface area (Å²) in [5.74, 6) is 4.78. The van der Waals surface area contributed by atoms with Gasteiger partial charge < -0.3 is 9.88 Å². The molecule has 30 heavy (non-hydrogen) atoms. The number of hydrogen-bond acceptors (Lipinski definition) is 3. The molecule has 10 heteroatoms. The lowest BCUT2D eigenvalue weighted by molar-refractivity contribution is -0.140. The van der Waals surface area contributed by atoms with Gasteiger partial charge in [-0.2, -0.15) is 18.3 Å². The van der Waals surface area contributed by atoms with Crippen molar-refractivity contribution in [1.82, 2.24) is 24.6 Å². The van der Waals surface area contributed by atoms with Gasteiger partial charge in [0.15, 0.2) is 5.82 Å². The van der Waals surface area contributed by atoms with Crippen LogP contribution in [-0.4, -0.2) is 38.0 Å². The summed E-state index contributed by atoms with van der Waals surface area (Å²) in [5.41, 5.74) is 0.578. The number of nitrogens with zero attached hydrogens (tertiary/aromatic N) is 4. The number of carbonyl (C=O) groups is 1. The lowest BCUT2D eigenvalue weighted by atomic mass is 10.1. The number of aromatic nitrogens is 4. The fourth-order valence-corrected chi connectivity index (χ4v) is 2.92. The first-order chi connectivity index (χ1) is 14.0. The summed E-state index contributed by atoms with van der Waals surface area (Å²) in [6, 6.07) is 4.60. The van der Waals surface area contributed by atoms with Crippen LogP contribution in [0.3, 0.4) is 0 Å². The summed E-state index contributed by atoms with van der Waals surface area (Å²) in [4.78, 5) is 16.4. The minimum Gasteiger partial charge on any atom is -0.341 e. The molecule has 2 aromatic heterocycles. The van der Waals surface area contributed by atoms with Crippen molar-refractivity contribution >= 4 is 28.5 Å². The van der Waals surface area contributed by atoms with Gasteiger partial charge in [0, 0.05) is 6.20 Å². The second kappa shape index (κ2) is 8.03. The number of rotatable bonds is 3. The van der Waals surface area contributed by atoms with Crippen LogP contribution >= 0.6 is 11.6 Å². The molecule has 0 aliphatic heterocycles. The lowest BCUT2D eigenvalue weighted by Gasteiger charge is -2.18. The molecule has 0 saturated heterocycles. The van der Waals surface area contributed by atoms with Crippen LogP contribution in [0.2, 0.25) is 5.02 Å². The average Bonchev–Trinajstić information content (AvgIpc) is 3.24. The zero-order valence-corrected chi connectivity index (χ0v) is 17.3. The normalized spacial score (nSPS) is 12.0. The second-order valence-corrected chi connectivity index (χ2v) is 7.98. The second-order valence-electron chi connectivity index (χ2n) is 7.57. The Kier molecular flexibility index (Phi) is 5.81. The van der Waals surface area contributed by atoms with Gasteiger partial charge in [-0.1, -0.05) is 23.6 Å². The Labute approximate surface area is 176 Å². The van der Waals surface area contributed by atoms with Crippen LogP contribution < -0.4 is 5.32 Å². The van der Waals surface area contributed by atoms with Gasteiger partial charge in [0.05, 0.1) is 34.4 Å². The molecule has 6 nitrogen and oxygen atoms in total. The molecule has 1 aromatic carbocycles. The number of nitrogens with one attached hydrogen (secondary N) is 1. The van der Waals surface area contributed by atoms with Crippen LogP contribution in [0.1, 0.15) is 37.0 Å². The molecule has 0 fully saturated rings. The van der Waals surface area contributed by atoms with Crippen molar-refractivity contribution in [3.05, 3.63) is 47.0 Å². The Morgan fingerprint density at radius 1 is 1.27 bits per heavy atom. The van der Waals surface area contributed by atoms with E-state index in [0.29, 0.717) is 5.56 Å². The molecule has 1 N–H and O–H groups in total. The van der Waals surface area contributed by atoms with Gasteiger partial charge in [-0.25, -0.2) is 4.98 Å². The number of imidazole rings is 1. The molecule has 2 heterocycles. The number of fused-ring (bicyclic) bond motifs is 1. The molecule has 0 aliphatic carbocycles. The quantitative estimate of drug-likeness (QED) is 0.630. The summed E-state index contributed by atoms with van der Waals surface area (Å²) in [5, 5.41) is 6.98. The number of halogens is 4. The predicted molar refractivity (Wildman–Crippen MR) is 107 cm³/mol. The number of benzene rings is 1. The van der Waals surface area contributed by atoms with Crippen molar-refractivity contribution in [3.63, 3.8) is 0 Å². The van der Waals surface area contributed by atoms with E-state index in [-0.39, 0.29) is 39.9 Å². The van der Waals surface area contributed by atoms with Gasteiger partial charge in [-0.15, -0.1) is 0 Å². The van der Waals surface area contributed by atoms with Gasteiger partial charge in [-0.05, 0) is 38.8 Å². The maximum Gasteiger partial charge on any atom is 0.406 e. The topological polar surface area (TPSA) is 64.7 Å². The van der Waals surface area contributed by atoms with E-state index in [1.807, 2.05) is 20.8 Å². The maximum atomic E-state index is 13.0. The Morgan fingerprint density at radius 3 is 2.63 bits per heavy atom. The van der Waals surface area contributed by atoms with Crippen molar-refractivity contribution in [3.8, 4) is 11.8 Å². The molecule has 3 aromatic rings. The minimum absolute atomic E-state index is 0.0670. The van der Waals surface area contributed by atoms with E-state index in [2.05, 4.69) is 27.2 Å². The third-order valence-electron chi connectivity index (χ3n) is 4.14. The summed E-state index contributed by atoms with van der Waals surface area (Å²) in [6.45, 7) is 4.54. The zero-order valence-electron chi connectivity index (χ0n) is 16.5. The molecule has 0 aliphatic rings. The van der Waals surface area contributed by atoms with Crippen molar-refractivity contribution in [2.75, 3.05) is 6.54 Å². The lowest BCUT2D eigenvalue weighted by Crippen LogP contribution is -2.24. The highest BCUT2D eigenvalue weighted by atomic mass is 35.5. The molecule has 0 saturated carbocycles. The fourth-order valence-electron chi connectivity index (χ4n) is 2.70. The van der Waals surface area contributed by atoms with Gasteiger partial charge >= 0.3 is 6.18 Å². The Bertz CT molecular complexity index is 1150. The van der Waals surface area contributed by atoms with E-state index in [4.69, 9.17) is 11.6 Å². The van der Waals surface area contributed by atoms with Crippen LogP contribution in [0.5, 0.6) is 0 Å². The molecule has 0 radical (unpaired) electrons. The van der Waals surface area contributed by atoms with E-state index >= 15 is 0 Å². The van der Waals surface area contributed by atoms with Crippen LogP contribution in [0.25, 0.3) is 11.0 Å². The van der Waals surface area contributed by atoms with Gasteiger partial charge in [0.25, 0.3) is 5.91 Å². The molecule has 3 rings (SSSR count). The summed E-state index contributed by atoms with van der Waals surface area (Å²) in [6.07, 6.45) is -1.39. The number of para-hydroxylation sites is 1. The first-order valence-corrected chi connectivity index (χ1v) is 9.37. The molecule has 0 atom stereocenters. The minimum atomic E-state index is -4.45. The van der Waals surface area contributed by atoms with Crippen LogP contribution in [-0.2, 0) is 12.1 Å². The van der Waals surface area contributed by atoms with E-state index in [0.717, 1.165) is 4.57 Å². The van der Waals surface area contributed by atoms with Crippen molar-refractivity contribution in [2.24, 2.45) is 0 Å². The molecule has 0 unspecified atom stereocenters. The van der Waals surface area contributed by atoms with E-state index in [1.165, 1.54) is 12.3 Å². The summed E-state index contributed by atoms with van der Waals surface area (Å²) >= 11 is 6.05. The van der Waals surface area contributed by atoms with Crippen LogP contribution in [0.4, 0.5) is 13.2 Å². The third kappa shape index (κ3) is 4.94. The molecule has 158 valence electrons. The Balaban J connectivity index is 1.77. The van der Waals surface area contributed by atoms with Gasteiger partial charge in [-0.3, -0.25) is 9.48 Å². The molecule has 1 amide bonds. The Hall–Kier alpha value is -2.99. The molecular formula is C20H19ClF3N5O. The van der Waals surface area contributed by atoms with Crippen LogP contribution in [0, 0.1) is 11.8 Å². The standard InChI is InChI=1S/C20H19ClF3N5O/c1-19(2,3)29-11-13(10-26-29)18(30)25-9-5-8-16-27-17-14(21)6-4-7-15(17)28(16)12-20(22,23)24/h4,6-7,10-11H,9,12H2,1-3H3,(H,25,30). The highest BCUT2D eigenvalue weighted by Crippen LogP contribution is 2.27. The summed E-state index contributed by atoms with van der Waals surface area (Å²) < 4.78 is 41.6. The number of hydrogen-bond donors (Lipinski definition) is 1. The van der Waals surface area contributed by atoms with Gasteiger partial charge in [0.2, 0.25) is 0 Å². The molecule has 0 spiro atoms.